The fourth-order valence-electron chi connectivity index (χ4n) is 2.43. The van der Waals surface area contributed by atoms with Crippen molar-refractivity contribution in [3.8, 4) is 5.75 Å². The molecule has 0 saturated heterocycles. The average molecular weight is 306 g/mol. The third-order valence-corrected chi connectivity index (χ3v) is 3.68. The van der Waals surface area contributed by atoms with E-state index in [2.05, 4.69) is 61.6 Å². The summed E-state index contributed by atoms with van der Waals surface area (Å²) in [7, 11) is 1.70. The predicted molar refractivity (Wildman–Crippen MR) is 91.3 cm³/mol. The van der Waals surface area contributed by atoms with E-state index in [1.54, 1.807) is 7.11 Å². The molecule has 0 fully saturated rings. The molecule has 0 aliphatic carbocycles. The second-order valence-corrected chi connectivity index (χ2v) is 5.03. The van der Waals surface area contributed by atoms with Gasteiger partial charge in [0.05, 0.1) is 7.11 Å². The number of hydrogen-bond acceptors (Lipinski definition) is 2. The molecule has 0 heterocycles. The van der Waals surface area contributed by atoms with E-state index in [1.807, 2.05) is 12.1 Å². The summed E-state index contributed by atoms with van der Waals surface area (Å²) in [5, 5.41) is 3.70. The van der Waals surface area contributed by atoms with E-state index in [0.717, 1.165) is 12.2 Å². The molecule has 0 amide bonds. The fourth-order valence-corrected chi connectivity index (χ4v) is 2.43. The summed E-state index contributed by atoms with van der Waals surface area (Å²) in [6.45, 7) is 4.42. The maximum absolute atomic E-state index is 5.21. The van der Waals surface area contributed by atoms with Crippen molar-refractivity contribution in [2.75, 3.05) is 7.11 Å². The average Bonchev–Trinajstić information content (AvgIpc) is 2.53. The highest BCUT2D eigenvalue weighted by molar-refractivity contribution is 5.85. The quantitative estimate of drug-likeness (QED) is 0.818. The largest absolute Gasteiger partial charge is 0.497 e. The number of methoxy groups -OCH3 is 1. The van der Waals surface area contributed by atoms with Crippen LogP contribution in [0.25, 0.3) is 0 Å². The molecular weight excluding hydrogens is 282 g/mol. The van der Waals surface area contributed by atoms with E-state index in [9.17, 15) is 0 Å². The summed E-state index contributed by atoms with van der Waals surface area (Å²) in [5.74, 6) is 0.903. The van der Waals surface area contributed by atoms with E-state index < -0.39 is 0 Å². The molecule has 2 aromatic rings. The SMILES string of the molecule is CC[C@@H](N[C@H](C)c1ccccc1)c1ccc(OC)cc1.Cl. The van der Waals surface area contributed by atoms with Crippen LogP contribution < -0.4 is 10.1 Å². The van der Waals surface area contributed by atoms with Crippen LogP contribution in [0.2, 0.25) is 0 Å². The molecule has 0 radical (unpaired) electrons. The minimum absolute atomic E-state index is 0. The van der Waals surface area contributed by atoms with Crippen LogP contribution in [0.3, 0.4) is 0 Å². The Morgan fingerprint density at radius 2 is 1.57 bits per heavy atom. The van der Waals surface area contributed by atoms with E-state index in [1.165, 1.54) is 11.1 Å². The Hall–Kier alpha value is -1.51. The zero-order valence-electron chi connectivity index (χ0n) is 12.9. The molecule has 2 rings (SSSR count). The molecular formula is C18H24ClNO. The second kappa shape index (κ2) is 8.71. The molecule has 0 saturated carbocycles. The first-order chi connectivity index (χ1) is 9.74. The molecule has 0 aliphatic rings. The molecule has 0 unspecified atom stereocenters. The van der Waals surface area contributed by atoms with Crippen LogP contribution in [-0.2, 0) is 0 Å². The number of nitrogens with one attached hydrogen (secondary N) is 1. The summed E-state index contributed by atoms with van der Waals surface area (Å²) in [4.78, 5) is 0. The van der Waals surface area contributed by atoms with E-state index >= 15 is 0 Å². The second-order valence-electron chi connectivity index (χ2n) is 5.03. The lowest BCUT2D eigenvalue weighted by atomic mass is 10.0. The molecule has 2 atom stereocenters. The summed E-state index contributed by atoms with van der Waals surface area (Å²) < 4.78 is 5.21. The molecule has 0 bridgehead atoms. The highest BCUT2D eigenvalue weighted by Crippen LogP contribution is 2.23. The molecule has 0 aromatic heterocycles. The standard InChI is InChI=1S/C18H23NO.ClH/c1-4-18(16-10-12-17(20-3)13-11-16)19-14(2)15-8-6-5-7-9-15;/h5-14,18-19H,4H2,1-3H3;1H/t14-,18-;/m1./s1. The van der Waals surface area contributed by atoms with Crippen molar-refractivity contribution >= 4 is 12.4 Å². The van der Waals surface area contributed by atoms with Crippen molar-refractivity contribution in [1.82, 2.24) is 5.32 Å². The van der Waals surface area contributed by atoms with Gasteiger partial charge < -0.3 is 10.1 Å². The number of rotatable bonds is 6. The number of benzene rings is 2. The molecule has 3 heteroatoms. The summed E-state index contributed by atoms with van der Waals surface area (Å²) in [6.07, 6.45) is 1.06. The third-order valence-electron chi connectivity index (χ3n) is 3.68. The minimum Gasteiger partial charge on any atom is -0.497 e. The number of halogens is 1. The van der Waals surface area contributed by atoms with Crippen LogP contribution in [0.15, 0.2) is 54.6 Å². The van der Waals surface area contributed by atoms with Crippen molar-refractivity contribution in [3.05, 3.63) is 65.7 Å². The van der Waals surface area contributed by atoms with Crippen molar-refractivity contribution in [2.45, 2.75) is 32.4 Å². The summed E-state index contributed by atoms with van der Waals surface area (Å²) >= 11 is 0. The lowest BCUT2D eigenvalue weighted by molar-refractivity contribution is 0.413. The third kappa shape index (κ3) is 4.76. The van der Waals surface area contributed by atoms with Gasteiger partial charge in [0.25, 0.3) is 0 Å². The Morgan fingerprint density at radius 1 is 0.952 bits per heavy atom. The van der Waals surface area contributed by atoms with Crippen LogP contribution in [0.4, 0.5) is 0 Å². The van der Waals surface area contributed by atoms with Crippen LogP contribution >= 0.6 is 12.4 Å². The Morgan fingerprint density at radius 3 is 2.10 bits per heavy atom. The number of hydrogen-bond donors (Lipinski definition) is 1. The molecule has 21 heavy (non-hydrogen) atoms. The number of ether oxygens (including phenoxy) is 1. The first-order valence-electron chi connectivity index (χ1n) is 7.19. The van der Waals surface area contributed by atoms with Gasteiger partial charge in [-0.1, -0.05) is 49.4 Å². The van der Waals surface area contributed by atoms with Crippen LogP contribution in [-0.4, -0.2) is 7.11 Å². The monoisotopic (exact) mass is 305 g/mol. The summed E-state index contributed by atoms with van der Waals surface area (Å²) in [6, 6.07) is 19.6. The van der Waals surface area contributed by atoms with Gasteiger partial charge in [-0.15, -0.1) is 12.4 Å². The predicted octanol–water partition coefficient (Wildman–Crippen LogP) is 4.92. The Bertz CT molecular complexity index is 513. The van der Waals surface area contributed by atoms with Gasteiger partial charge in [-0.3, -0.25) is 0 Å². The maximum atomic E-state index is 5.21. The van der Waals surface area contributed by atoms with Gasteiger partial charge >= 0.3 is 0 Å². The first-order valence-corrected chi connectivity index (χ1v) is 7.19. The minimum atomic E-state index is 0. The van der Waals surface area contributed by atoms with E-state index in [4.69, 9.17) is 4.74 Å². The van der Waals surface area contributed by atoms with Crippen molar-refractivity contribution in [3.63, 3.8) is 0 Å². The van der Waals surface area contributed by atoms with Gasteiger partial charge in [0.15, 0.2) is 0 Å². The van der Waals surface area contributed by atoms with Gasteiger partial charge in [-0.2, -0.15) is 0 Å². The van der Waals surface area contributed by atoms with Crippen molar-refractivity contribution in [1.29, 1.82) is 0 Å². The van der Waals surface area contributed by atoms with Crippen LogP contribution in [0.5, 0.6) is 5.75 Å². The molecule has 0 spiro atoms. The van der Waals surface area contributed by atoms with E-state index in [0.29, 0.717) is 12.1 Å². The molecule has 0 aliphatic heterocycles. The zero-order chi connectivity index (χ0) is 14.4. The normalized spacial score (nSPS) is 13.1. The molecule has 2 nitrogen and oxygen atoms in total. The fraction of sp³-hybridized carbons (Fsp3) is 0.333. The van der Waals surface area contributed by atoms with E-state index in [-0.39, 0.29) is 12.4 Å². The molecule has 114 valence electrons. The van der Waals surface area contributed by atoms with Gasteiger partial charge in [0.2, 0.25) is 0 Å². The van der Waals surface area contributed by atoms with Crippen molar-refractivity contribution < 1.29 is 4.74 Å². The highest BCUT2D eigenvalue weighted by atomic mass is 35.5. The topological polar surface area (TPSA) is 21.3 Å². The van der Waals surface area contributed by atoms with Gasteiger partial charge in [-0.25, -0.2) is 0 Å². The highest BCUT2D eigenvalue weighted by Gasteiger charge is 2.13. The van der Waals surface area contributed by atoms with Gasteiger partial charge in [0, 0.05) is 12.1 Å². The lowest BCUT2D eigenvalue weighted by Crippen LogP contribution is -2.24. The smallest absolute Gasteiger partial charge is 0.118 e. The lowest BCUT2D eigenvalue weighted by Gasteiger charge is -2.23. The zero-order valence-corrected chi connectivity index (χ0v) is 13.7. The van der Waals surface area contributed by atoms with Crippen molar-refractivity contribution in [2.24, 2.45) is 0 Å². The van der Waals surface area contributed by atoms with Crippen LogP contribution in [0.1, 0.15) is 43.5 Å². The Balaban J connectivity index is 0.00000220. The summed E-state index contributed by atoms with van der Waals surface area (Å²) in [5.41, 5.74) is 2.62. The molecule has 1 N–H and O–H groups in total. The van der Waals surface area contributed by atoms with Gasteiger partial charge in [-0.05, 0) is 36.6 Å². The first kappa shape index (κ1) is 17.5. The molecule has 2 aromatic carbocycles. The Labute approximate surface area is 133 Å². The maximum Gasteiger partial charge on any atom is 0.118 e. The Kier molecular flexibility index (Phi) is 7.27. The van der Waals surface area contributed by atoms with Gasteiger partial charge in [0.1, 0.15) is 5.75 Å². The van der Waals surface area contributed by atoms with Crippen LogP contribution in [0, 0.1) is 0 Å².